The van der Waals surface area contributed by atoms with Crippen molar-refractivity contribution in [3.05, 3.63) is 36.0 Å². The molecule has 2 nitrogen and oxygen atoms in total. The molecule has 1 saturated carbocycles. The van der Waals surface area contributed by atoms with Crippen LogP contribution >= 0.6 is 8.86 Å². The van der Waals surface area contributed by atoms with Crippen LogP contribution in [0.25, 0.3) is 0 Å². The first-order chi connectivity index (χ1) is 14.4. The van der Waals surface area contributed by atoms with Crippen LogP contribution in [0.2, 0.25) is 0 Å². The molecule has 0 amide bonds. The minimum atomic E-state index is 0.249. The van der Waals surface area contributed by atoms with Crippen LogP contribution in [0.15, 0.2) is 36.0 Å². The zero-order valence-corrected chi connectivity index (χ0v) is 21.9. The van der Waals surface area contributed by atoms with Crippen LogP contribution in [0, 0.1) is 12.8 Å². The third-order valence-electron chi connectivity index (χ3n) is 5.01. The van der Waals surface area contributed by atoms with Gasteiger partial charge in [-0.25, -0.2) is 0 Å². The lowest BCUT2D eigenvalue weighted by Crippen LogP contribution is -2.44. The van der Waals surface area contributed by atoms with E-state index in [1.807, 2.05) is 33.8 Å². The summed E-state index contributed by atoms with van der Waals surface area (Å²) in [5.74, 6) is 2.05. The molecule has 0 aliphatic heterocycles. The monoisotopic (exact) mass is 433 g/mol. The highest BCUT2D eigenvalue weighted by molar-refractivity contribution is 7.18. The van der Waals surface area contributed by atoms with Gasteiger partial charge in [0.2, 0.25) is 0 Å². The molecule has 0 bridgehead atoms. The Labute approximate surface area is 191 Å². The molecule has 30 heavy (non-hydrogen) atoms. The molecule has 0 radical (unpaired) electrons. The van der Waals surface area contributed by atoms with Gasteiger partial charge in [-0.2, -0.15) is 0 Å². The maximum absolute atomic E-state index is 12.4. The lowest BCUT2D eigenvalue weighted by Gasteiger charge is -2.37. The normalized spacial score (nSPS) is 14.1. The van der Waals surface area contributed by atoms with Gasteiger partial charge >= 0.3 is 0 Å². The minimum absolute atomic E-state index is 0.249. The molecule has 1 unspecified atom stereocenters. The second-order valence-corrected chi connectivity index (χ2v) is 7.71. The average molecular weight is 434 g/mol. The number of Topliss-reactive ketones (excluding diaryl/α,β-unsaturated/α-hetero) is 1. The molecule has 172 valence electrons. The maximum Gasteiger partial charge on any atom is 0.159 e. The van der Waals surface area contributed by atoms with Crippen molar-refractivity contribution in [1.82, 2.24) is 4.90 Å². The van der Waals surface area contributed by atoms with E-state index < -0.39 is 0 Å². The third-order valence-corrected chi connectivity index (χ3v) is 5.01. The van der Waals surface area contributed by atoms with Crippen molar-refractivity contribution < 1.29 is 4.79 Å². The average Bonchev–Trinajstić information content (AvgIpc) is 3.30. The topological polar surface area (TPSA) is 20.3 Å². The molecule has 3 heteroatoms. The first kappa shape index (κ1) is 33.2. The lowest BCUT2D eigenvalue weighted by atomic mass is 9.98. The smallest absolute Gasteiger partial charge is 0.159 e. The van der Waals surface area contributed by atoms with Crippen LogP contribution < -0.4 is 0 Å². The van der Waals surface area contributed by atoms with E-state index in [1.54, 1.807) is 5.80 Å². The Morgan fingerprint density at radius 3 is 1.93 bits per heavy atom. The summed E-state index contributed by atoms with van der Waals surface area (Å²) in [6.07, 6.45) is 17.6. The molecule has 1 aliphatic rings. The number of carbonyl (C=O) groups is 1. The molecule has 0 aromatic rings. The van der Waals surface area contributed by atoms with Crippen LogP contribution in [0.4, 0.5) is 0 Å². The van der Waals surface area contributed by atoms with Crippen LogP contribution in [0.5, 0.6) is 0 Å². The summed E-state index contributed by atoms with van der Waals surface area (Å²) in [6.45, 7) is 23.3. The van der Waals surface area contributed by atoms with Gasteiger partial charge in [0.15, 0.2) is 5.78 Å². The highest BCUT2D eigenvalue weighted by Gasteiger charge is 2.29. The van der Waals surface area contributed by atoms with Gasteiger partial charge in [0.05, 0.1) is 0 Å². The Morgan fingerprint density at radius 2 is 1.60 bits per heavy atom. The van der Waals surface area contributed by atoms with Gasteiger partial charge in [0, 0.05) is 30.6 Å². The summed E-state index contributed by atoms with van der Waals surface area (Å²) < 4.78 is 0. The Bertz CT molecular complexity index is 538. The predicted molar refractivity (Wildman–Crippen MR) is 142 cm³/mol. The molecule has 1 aliphatic carbocycles. The predicted octanol–water partition coefficient (Wildman–Crippen LogP) is 7.68. The van der Waals surface area contributed by atoms with Gasteiger partial charge in [-0.05, 0) is 39.5 Å². The van der Waals surface area contributed by atoms with Gasteiger partial charge in [-0.15, -0.1) is 21.7 Å². The lowest BCUT2D eigenvalue weighted by molar-refractivity contribution is -0.115. The van der Waals surface area contributed by atoms with E-state index in [-0.39, 0.29) is 5.78 Å². The van der Waals surface area contributed by atoms with E-state index in [0.29, 0.717) is 18.5 Å². The van der Waals surface area contributed by atoms with Crippen LogP contribution in [0.1, 0.15) is 93.4 Å². The fourth-order valence-electron chi connectivity index (χ4n) is 3.58. The summed E-state index contributed by atoms with van der Waals surface area (Å²) in [4.78, 5) is 15.0. The molecule has 0 heterocycles. The van der Waals surface area contributed by atoms with E-state index in [4.69, 9.17) is 0 Å². The molecule has 1 rings (SSSR count). The first-order valence-electron chi connectivity index (χ1n) is 11.5. The summed E-state index contributed by atoms with van der Waals surface area (Å²) >= 11 is 0. The van der Waals surface area contributed by atoms with Crippen molar-refractivity contribution >= 4 is 20.4 Å². The van der Waals surface area contributed by atoms with Crippen molar-refractivity contribution in [2.75, 3.05) is 6.54 Å². The molecule has 0 saturated heterocycles. The SMILES string of the molecule is C#C.C=C(/C=C(/CN(C1CCCC1)C(CC)C(=C)C)C(=O)CC)CC.CC.CC=P. The highest BCUT2D eigenvalue weighted by atomic mass is 31.0. The van der Waals surface area contributed by atoms with Crippen LogP contribution in [0.3, 0.4) is 0 Å². The number of hydrogen-bond donors (Lipinski definition) is 0. The van der Waals surface area contributed by atoms with Gasteiger partial charge in [-0.3, -0.25) is 9.69 Å². The van der Waals surface area contributed by atoms with Crippen molar-refractivity contribution in [2.24, 2.45) is 0 Å². The zero-order valence-electron chi connectivity index (χ0n) is 20.9. The van der Waals surface area contributed by atoms with Crippen molar-refractivity contribution in [3.8, 4) is 12.8 Å². The van der Waals surface area contributed by atoms with E-state index in [9.17, 15) is 4.79 Å². The molecule has 1 atom stereocenters. The number of terminal acetylenes is 1. The summed E-state index contributed by atoms with van der Waals surface area (Å²) in [7, 11) is 3.06. The number of allylic oxidation sites excluding steroid dienone is 2. The molecular formula is C27H48NOP. The molecule has 0 aromatic heterocycles. The highest BCUT2D eigenvalue weighted by Crippen LogP contribution is 2.29. The molecular weight excluding hydrogens is 385 g/mol. The van der Waals surface area contributed by atoms with E-state index in [0.717, 1.165) is 30.5 Å². The second-order valence-electron chi connectivity index (χ2n) is 7.13. The first-order valence-corrected chi connectivity index (χ1v) is 12.0. The van der Waals surface area contributed by atoms with Crippen LogP contribution in [-0.2, 0) is 4.79 Å². The Balaban J connectivity index is -0.000000926. The van der Waals surface area contributed by atoms with Crippen molar-refractivity contribution in [1.29, 1.82) is 0 Å². The summed E-state index contributed by atoms with van der Waals surface area (Å²) in [5, 5.41) is 0. The fourth-order valence-corrected chi connectivity index (χ4v) is 3.58. The van der Waals surface area contributed by atoms with E-state index in [2.05, 4.69) is 60.5 Å². The third kappa shape index (κ3) is 13.7. The van der Waals surface area contributed by atoms with Crippen molar-refractivity contribution in [3.63, 3.8) is 0 Å². The Morgan fingerprint density at radius 1 is 1.13 bits per heavy atom. The van der Waals surface area contributed by atoms with Crippen LogP contribution in [-0.4, -0.2) is 35.1 Å². The number of rotatable bonds is 10. The molecule has 0 spiro atoms. The molecule has 1 fully saturated rings. The number of nitrogens with zero attached hydrogens (tertiary/aromatic N) is 1. The zero-order chi connectivity index (χ0) is 24.1. The Kier molecular flexibility index (Phi) is 24.7. The number of hydrogen-bond acceptors (Lipinski definition) is 2. The quantitative estimate of drug-likeness (QED) is 0.116. The van der Waals surface area contributed by atoms with Gasteiger partial charge in [0.1, 0.15) is 0 Å². The van der Waals surface area contributed by atoms with E-state index >= 15 is 0 Å². The largest absolute Gasteiger partial charge is 0.295 e. The molecule has 0 aromatic carbocycles. The fraction of sp³-hybridized carbons (Fsp3) is 0.630. The standard InChI is InChI=1S/C21H35NO.C2H5P.C2H6.C2H2/c1-7-17(6)14-18(21(23)9-3)15-22(19-12-10-11-13-19)20(8-2)16(4)5;1-2-3;2*1-2/h14,19-20H,4,6-13,15H2,1-3,5H3;2-3H,1H3;1-2H3;1-2H/b18-14-;;;. The molecule has 0 N–H and O–H groups in total. The number of carbonyl (C=O) groups excluding carboxylic acids is 1. The summed E-state index contributed by atoms with van der Waals surface area (Å²) in [5.41, 5.74) is 3.17. The Hall–Kier alpha value is -1.42. The van der Waals surface area contributed by atoms with E-state index in [1.165, 1.54) is 31.3 Å². The minimum Gasteiger partial charge on any atom is -0.295 e. The number of ketones is 1. The summed E-state index contributed by atoms with van der Waals surface area (Å²) in [6, 6.07) is 0.945. The van der Waals surface area contributed by atoms with Crippen molar-refractivity contribution in [2.45, 2.75) is 105 Å². The van der Waals surface area contributed by atoms with Gasteiger partial charge in [-0.1, -0.05) is 83.6 Å². The second kappa shape index (κ2) is 22.3. The van der Waals surface area contributed by atoms with Gasteiger partial charge < -0.3 is 0 Å². The maximum atomic E-state index is 12.4. The van der Waals surface area contributed by atoms with Gasteiger partial charge in [0.25, 0.3) is 0 Å².